The van der Waals surface area contributed by atoms with E-state index < -0.39 is 15.8 Å². The van der Waals surface area contributed by atoms with Crippen molar-refractivity contribution < 1.29 is 17.5 Å². The number of nitrogen functional groups attached to an aromatic ring is 1. The molecule has 0 heterocycles. The maximum atomic E-state index is 13.2. The molecular formula is C13H12ClFN2O3S. The second-order valence-corrected chi connectivity index (χ2v) is 6.20. The van der Waals surface area contributed by atoms with E-state index in [-0.39, 0.29) is 27.0 Å². The van der Waals surface area contributed by atoms with E-state index in [9.17, 15) is 12.8 Å². The van der Waals surface area contributed by atoms with Gasteiger partial charge in [-0.05, 0) is 36.4 Å². The molecule has 5 nitrogen and oxygen atoms in total. The molecule has 0 saturated heterocycles. The number of methoxy groups -OCH3 is 1. The molecule has 0 saturated carbocycles. The predicted octanol–water partition coefficient (Wildman–Crippen LogP) is 2.87. The van der Waals surface area contributed by atoms with Gasteiger partial charge in [0.2, 0.25) is 0 Å². The quantitative estimate of drug-likeness (QED) is 0.845. The van der Waals surface area contributed by atoms with Crippen LogP contribution in [0.3, 0.4) is 0 Å². The number of benzene rings is 2. The van der Waals surface area contributed by atoms with Crippen LogP contribution in [0.25, 0.3) is 0 Å². The molecular weight excluding hydrogens is 319 g/mol. The summed E-state index contributed by atoms with van der Waals surface area (Å²) in [7, 11) is -2.69. The van der Waals surface area contributed by atoms with Crippen LogP contribution >= 0.6 is 11.6 Å². The SMILES string of the molecule is COc1ccc(N)cc1S(=O)(=O)Nc1cc(F)ccc1Cl. The second-order valence-electron chi connectivity index (χ2n) is 4.14. The first kappa shape index (κ1) is 15.4. The number of rotatable bonds is 4. The minimum absolute atomic E-state index is 0.0684. The Hall–Kier alpha value is -1.99. The minimum atomic E-state index is -4.02. The number of nitrogens with one attached hydrogen (secondary N) is 1. The molecule has 0 atom stereocenters. The van der Waals surface area contributed by atoms with Crippen LogP contribution in [0, 0.1) is 5.82 Å². The van der Waals surface area contributed by atoms with E-state index in [4.69, 9.17) is 22.1 Å². The Balaban J connectivity index is 2.48. The summed E-state index contributed by atoms with van der Waals surface area (Å²) in [6, 6.07) is 7.55. The van der Waals surface area contributed by atoms with E-state index in [1.165, 1.54) is 31.4 Å². The Kier molecular flexibility index (Phi) is 4.24. The molecule has 21 heavy (non-hydrogen) atoms. The summed E-state index contributed by atoms with van der Waals surface area (Å²) in [5, 5.41) is 0.0721. The van der Waals surface area contributed by atoms with E-state index in [2.05, 4.69) is 4.72 Å². The number of sulfonamides is 1. The molecule has 0 aliphatic carbocycles. The van der Waals surface area contributed by atoms with Gasteiger partial charge in [0.1, 0.15) is 16.5 Å². The summed E-state index contributed by atoms with van der Waals surface area (Å²) >= 11 is 5.85. The van der Waals surface area contributed by atoms with E-state index in [1.54, 1.807) is 0 Å². The molecule has 0 aromatic heterocycles. The van der Waals surface area contributed by atoms with Crippen molar-refractivity contribution in [1.82, 2.24) is 0 Å². The summed E-state index contributed by atoms with van der Waals surface area (Å²) in [6.07, 6.45) is 0. The van der Waals surface area contributed by atoms with Gasteiger partial charge >= 0.3 is 0 Å². The molecule has 0 aliphatic heterocycles. The maximum absolute atomic E-state index is 13.2. The molecule has 0 spiro atoms. The zero-order valence-corrected chi connectivity index (χ0v) is 12.5. The maximum Gasteiger partial charge on any atom is 0.265 e. The number of nitrogens with two attached hydrogens (primary N) is 1. The topological polar surface area (TPSA) is 81.4 Å². The van der Waals surface area contributed by atoms with Crippen molar-refractivity contribution in [3.63, 3.8) is 0 Å². The number of halogens is 2. The van der Waals surface area contributed by atoms with Gasteiger partial charge in [-0.25, -0.2) is 12.8 Å². The highest BCUT2D eigenvalue weighted by molar-refractivity contribution is 7.92. The first-order valence-corrected chi connectivity index (χ1v) is 7.61. The average Bonchev–Trinajstić information content (AvgIpc) is 2.42. The van der Waals surface area contributed by atoms with Crippen molar-refractivity contribution in [1.29, 1.82) is 0 Å². The molecule has 0 fully saturated rings. The van der Waals surface area contributed by atoms with Crippen molar-refractivity contribution >= 4 is 33.0 Å². The Labute approximate surface area is 126 Å². The summed E-state index contributed by atoms with van der Waals surface area (Å²) in [5.41, 5.74) is 5.78. The molecule has 2 aromatic rings. The normalized spacial score (nSPS) is 11.2. The third-order valence-electron chi connectivity index (χ3n) is 2.65. The van der Waals surface area contributed by atoms with E-state index >= 15 is 0 Å². The first-order chi connectivity index (χ1) is 9.83. The molecule has 0 radical (unpaired) electrons. The van der Waals surface area contributed by atoms with Crippen molar-refractivity contribution in [2.24, 2.45) is 0 Å². The molecule has 2 aromatic carbocycles. The van der Waals surface area contributed by atoms with Gasteiger partial charge in [-0.15, -0.1) is 0 Å². The van der Waals surface area contributed by atoms with Crippen LogP contribution in [0.1, 0.15) is 0 Å². The Bertz CT molecular complexity index is 781. The van der Waals surface area contributed by atoms with Gasteiger partial charge < -0.3 is 10.5 Å². The molecule has 112 valence electrons. The van der Waals surface area contributed by atoms with Crippen LogP contribution in [-0.4, -0.2) is 15.5 Å². The highest BCUT2D eigenvalue weighted by Crippen LogP contribution is 2.30. The highest BCUT2D eigenvalue weighted by atomic mass is 35.5. The molecule has 3 N–H and O–H groups in total. The number of hydrogen-bond acceptors (Lipinski definition) is 4. The van der Waals surface area contributed by atoms with E-state index in [0.717, 1.165) is 12.1 Å². The zero-order valence-electron chi connectivity index (χ0n) is 10.9. The predicted molar refractivity (Wildman–Crippen MR) is 79.6 cm³/mol. The van der Waals surface area contributed by atoms with Crippen LogP contribution < -0.4 is 15.2 Å². The lowest BCUT2D eigenvalue weighted by Crippen LogP contribution is -2.15. The fourth-order valence-electron chi connectivity index (χ4n) is 1.68. The highest BCUT2D eigenvalue weighted by Gasteiger charge is 2.21. The van der Waals surface area contributed by atoms with Crippen molar-refractivity contribution in [2.75, 3.05) is 17.6 Å². The Morgan fingerprint density at radius 3 is 2.62 bits per heavy atom. The lowest BCUT2D eigenvalue weighted by molar-refractivity contribution is 0.403. The van der Waals surface area contributed by atoms with Gasteiger partial charge in [0.15, 0.2) is 0 Å². The third-order valence-corrected chi connectivity index (χ3v) is 4.37. The van der Waals surface area contributed by atoms with Crippen LogP contribution in [-0.2, 0) is 10.0 Å². The van der Waals surface area contributed by atoms with Gasteiger partial charge in [-0.2, -0.15) is 0 Å². The van der Waals surface area contributed by atoms with Crippen LogP contribution in [0.2, 0.25) is 5.02 Å². The smallest absolute Gasteiger partial charge is 0.265 e. The first-order valence-electron chi connectivity index (χ1n) is 5.75. The van der Waals surface area contributed by atoms with Gasteiger partial charge in [-0.1, -0.05) is 11.6 Å². The molecule has 0 unspecified atom stereocenters. The number of ether oxygens (including phenoxy) is 1. The van der Waals surface area contributed by atoms with Gasteiger partial charge in [0.05, 0.1) is 17.8 Å². The lowest BCUT2D eigenvalue weighted by Gasteiger charge is -2.13. The molecule has 0 bridgehead atoms. The monoisotopic (exact) mass is 330 g/mol. The average molecular weight is 331 g/mol. The number of anilines is 2. The summed E-state index contributed by atoms with van der Waals surface area (Å²) in [5.74, 6) is -0.499. The summed E-state index contributed by atoms with van der Waals surface area (Å²) in [6.45, 7) is 0. The number of hydrogen-bond donors (Lipinski definition) is 2. The molecule has 0 aliphatic rings. The molecule has 2 rings (SSSR count). The summed E-state index contributed by atoms with van der Waals surface area (Å²) in [4.78, 5) is -0.162. The van der Waals surface area contributed by atoms with Crippen molar-refractivity contribution in [3.05, 3.63) is 47.2 Å². The van der Waals surface area contributed by atoms with Crippen molar-refractivity contribution in [3.8, 4) is 5.75 Å². The Morgan fingerprint density at radius 2 is 1.95 bits per heavy atom. The van der Waals surface area contributed by atoms with Crippen molar-refractivity contribution in [2.45, 2.75) is 4.90 Å². The van der Waals surface area contributed by atoms with Crippen LogP contribution in [0.15, 0.2) is 41.3 Å². The summed E-state index contributed by atoms with van der Waals surface area (Å²) < 4.78 is 45.1. The minimum Gasteiger partial charge on any atom is -0.495 e. The van der Waals surface area contributed by atoms with Crippen LogP contribution in [0.4, 0.5) is 15.8 Å². The lowest BCUT2D eigenvalue weighted by atomic mass is 10.3. The fourth-order valence-corrected chi connectivity index (χ4v) is 3.18. The standard InChI is InChI=1S/C13H12ClFN2O3S/c1-20-12-5-3-9(16)7-13(12)21(18,19)17-11-6-8(15)2-4-10(11)14/h2-7,17H,16H2,1H3. The van der Waals surface area contributed by atoms with Crippen LogP contribution in [0.5, 0.6) is 5.75 Å². The second kappa shape index (κ2) is 5.79. The fraction of sp³-hybridized carbons (Fsp3) is 0.0769. The van der Waals surface area contributed by atoms with E-state index in [1.807, 2.05) is 0 Å². The molecule has 8 heteroatoms. The van der Waals surface area contributed by atoms with E-state index in [0.29, 0.717) is 0 Å². The Morgan fingerprint density at radius 1 is 1.24 bits per heavy atom. The van der Waals surface area contributed by atoms with Gasteiger partial charge in [0.25, 0.3) is 10.0 Å². The largest absolute Gasteiger partial charge is 0.495 e. The van der Waals surface area contributed by atoms with Gasteiger partial charge in [0, 0.05) is 5.69 Å². The van der Waals surface area contributed by atoms with Gasteiger partial charge in [-0.3, -0.25) is 4.72 Å². The zero-order chi connectivity index (χ0) is 15.6. The molecule has 0 amide bonds. The third kappa shape index (κ3) is 3.37.